The van der Waals surface area contributed by atoms with E-state index < -0.39 is 0 Å². The zero-order valence-corrected chi connectivity index (χ0v) is 8.68. The lowest BCUT2D eigenvalue weighted by atomic mass is 10.0. The third-order valence-electron chi connectivity index (χ3n) is 2.61. The molecule has 3 nitrogen and oxygen atoms in total. The maximum Gasteiger partial charge on any atom is 0.237 e. The zero-order chi connectivity index (χ0) is 10.4. The molecule has 1 saturated heterocycles. The molecule has 0 aromatic carbocycles. The Hall–Kier alpha value is -1.01. The number of hydrogen-bond donors (Lipinski definition) is 2. The summed E-state index contributed by atoms with van der Waals surface area (Å²) in [6, 6.07) is 0.000774. The third-order valence-corrected chi connectivity index (χ3v) is 2.61. The summed E-state index contributed by atoms with van der Waals surface area (Å²) in [7, 11) is 0. The van der Waals surface area contributed by atoms with Gasteiger partial charge in [-0.3, -0.25) is 4.79 Å². The second-order valence-electron chi connectivity index (χ2n) is 3.80. The van der Waals surface area contributed by atoms with Crippen molar-refractivity contribution in [1.29, 1.82) is 0 Å². The highest BCUT2D eigenvalue weighted by Crippen LogP contribution is 2.13. The molecule has 1 fully saturated rings. The van der Waals surface area contributed by atoms with E-state index in [2.05, 4.69) is 23.5 Å². The van der Waals surface area contributed by atoms with E-state index >= 15 is 0 Å². The van der Waals surface area contributed by atoms with Crippen molar-refractivity contribution in [3.8, 4) is 12.3 Å². The standard InChI is InChI=1S/C11H18N2O/c1-3-4-5-7-13-11(14)10-9(2)6-8-12-10/h1,9-10,12H,4-8H2,2H3,(H,13,14). The molecule has 0 aromatic rings. The molecule has 0 spiro atoms. The fourth-order valence-corrected chi connectivity index (χ4v) is 1.70. The highest BCUT2D eigenvalue weighted by atomic mass is 16.2. The Bertz CT molecular complexity index is 232. The van der Waals surface area contributed by atoms with Crippen molar-refractivity contribution in [2.24, 2.45) is 5.92 Å². The third kappa shape index (κ3) is 3.04. The maximum absolute atomic E-state index is 11.6. The van der Waals surface area contributed by atoms with Gasteiger partial charge < -0.3 is 10.6 Å². The van der Waals surface area contributed by atoms with Gasteiger partial charge in [0.1, 0.15) is 0 Å². The van der Waals surface area contributed by atoms with Gasteiger partial charge in [0.05, 0.1) is 6.04 Å². The van der Waals surface area contributed by atoms with E-state index in [0.29, 0.717) is 12.5 Å². The van der Waals surface area contributed by atoms with Crippen LogP contribution in [-0.4, -0.2) is 25.0 Å². The second kappa shape index (κ2) is 5.66. The molecule has 0 bridgehead atoms. The van der Waals surface area contributed by atoms with E-state index in [1.165, 1.54) is 0 Å². The maximum atomic E-state index is 11.6. The van der Waals surface area contributed by atoms with Crippen molar-refractivity contribution in [2.45, 2.75) is 32.2 Å². The fraction of sp³-hybridized carbons (Fsp3) is 0.727. The smallest absolute Gasteiger partial charge is 0.237 e. The predicted octanol–water partition coefficient (Wildman–Crippen LogP) is 0.514. The van der Waals surface area contributed by atoms with Crippen LogP contribution in [0.2, 0.25) is 0 Å². The van der Waals surface area contributed by atoms with Crippen LogP contribution in [0.4, 0.5) is 0 Å². The molecule has 0 aromatic heterocycles. The van der Waals surface area contributed by atoms with Crippen molar-refractivity contribution in [2.75, 3.05) is 13.1 Å². The topological polar surface area (TPSA) is 41.1 Å². The van der Waals surface area contributed by atoms with Gasteiger partial charge >= 0.3 is 0 Å². The summed E-state index contributed by atoms with van der Waals surface area (Å²) >= 11 is 0. The molecule has 2 atom stereocenters. The van der Waals surface area contributed by atoms with Crippen LogP contribution in [0, 0.1) is 18.3 Å². The van der Waals surface area contributed by atoms with Gasteiger partial charge in [-0.05, 0) is 25.3 Å². The Kier molecular flexibility index (Phi) is 4.48. The van der Waals surface area contributed by atoms with Gasteiger partial charge in [0, 0.05) is 13.0 Å². The summed E-state index contributed by atoms with van der Waals surface area (Å²) < 4.78 is 0. The summed E-state index contributed by atoms with van der Waals surface area (Å²) in [5.41, 5.74) is 0. The van der Waals surface area contributed by atoms with Crippen LogP contribution in [-0.2, 0) is 4.79 Å². The van der Waals surface area contributed by atoms with Crippen molar-refractivity contribution >= 4 is 5.91 Å². The Morgan fingerprint density at radius 1 is 1.71 bits per heavy atom. The molecular formula is C11H18N2O. The van der Waals surface area contributed by atoms with E-state index in [1.54, 1.807) is 0 Å². The van der Waals surface area contributed by atoms with Crippen molar-refractivity contribution < 1.29 is 4.79 Å². The Labute approximate surface area is 85.6 Å². The van der Waals surface area contributed by atoms with Crippen LogP contribution in [0.25, 0.3) is 0 Å². The lowest BCUT2D eigenvalue weighted by Gasteiger charge is -2.14. The van der Waals surface area contributed by atoms with E-state index in [9.17, 15) is 4.79 Å². The average molecular weight is 194 g/mol. The van der Waals surface area contributed by atoms with Gasteiger partial charge in [0.15, 0.2) is 0 Å². The normalized spacial score (nSPS) is 25.7. The van der Waals surface area contributed by atoms with Crippen molar-refractivity contribution in [3.63, 3.8) is 0 Å². The first-order chi connectivity index (χ1) is 6.75. The SMILES string of the molecule is C#CCCCNC(=O)C1NCCC1C. The minimum Gasteiger partial charge on any atom is -0.355 e. The van der Waals surface area contributed by atoms with E-state index in [4.69, 9.17) is 6.42 Å². The first-order valence-electron chi connectivity index (χ1n) is 5.20. The predicted molar refractivity (Wildman–Crippen MR) is 56.6 cm³/mol. The highest BCUT2D eigenvalue weighted by Gasteiger charge is 2.28. The highest BCUT2D eigenvalue weighted by molar-refractivity contribution is 5.82. The van der Waals surface area contributed by atoms with Crippen LogP contribution in [0.1, 0.15) is 26.2 Å². The molecule has 1 aliphatic heterocycles. The minimum absolute atomic E-state index is 0.000774. The van der Waals surface area contributed by atoms with Gasteiger partial charge in [0.25, 0.3) is 0 Å². The molecule has 0 saturated carbocycles. The van der Waals surface area contributed by atoms with E-state index in [1.807, 2.05) is 0 Å². The second-order valence-corrected chi connectivity index (χ2v) is 3.80. The summed E-state index contributed by atoms with van der Waals surface area (Å²) in [4.78, 5) is 11.6. The Morgan fingerprint density at radius 2 is 2.50 bits per heavy atom. The first-order valence-corrected chi connectivity index (χ1v) is 5.20. The van der Waals surface area contributed by atoms with E-state index in [-0.39, 0.29) is 11.9 Å². The molecule has 1 rings (SSSR count). The molecule has 2 N–H and O–H groups in total. The van der Waals surface area contributed by atoms with Gasteiger partial charge in [-0.15, -0.1) is 12.3 Å². The van der Waals surface area contributed by atoms with Crippen LogP contribution in [0.5, 0.6) is 0 Å². The molecule has 1 amide bonds. The molecule has 3 heteroatoms. The number of rotatable bonds is 4. The molecule has 78 valence electrons. The molecule has 0 radical (unpaired) electrons. The largest absolute Gasteiger partial charge is 0.355 e. The Morgan fingerprint density at radius 3 is 3.07 bits per heavy atom. The van der Waals surface area contributed by atoms with Crippen LogP contribution in [0.15, 0.2) is 0 Å². The van der Waals surface area contributed by atoms with Gasteiger partial charge in [0.2, 0.25) is 5.91 Å². The summed E-state index contributed by atoms with van der Waals surface area (Å²) in [6.07, 6.45) is 7.79. The average Bonchev–Trinajstić information content (AvgIpc) is 2.59. The van der Waals surface area contributed by atoms with Crippen LogP contribution < -0.4 is 10.6 Å². The lowest BCUT2D eigenvalue weighted by Crippen LogP contribution is -2.43. The van der Waals surface area contributed by atoms with Gasteiger partial charge in [-0.2, -0.15) is 0 Å². The molecule has 14 heavy (non-hydrogen) atoms. The number of carbonyl (C=O) groups excluding carboxylic acids is 1. The number of unbranched alkanes of at least 4 members (excludes halogenated alkanes) is 1. The fourth-order valence-electron chi connectivity index (χ4n) is 1.70. The quantitative estimate of drug-likeness (QED) is 0.506. The number of carbonyl (C=O) groups is 1. The van der Waals surface area contributed by atoms with Crippen molar-refractivity contribution in [1.82, 2.24) is 10.6 Å². The summed E-state index contributed by atoms with van der Waals surface area (Å²) in [5.74, 6) is 3.12. The van der Waals surface area contributed by atoms with Crippen molar-refractivity contribution in [3.05, 3.63) is 0 Å². The molecule has 0 aliphatic carbocycles. The first kappa shape index (κ1) is 11.1. The number of terminal acetylenes is 1. The number of hydrogen-bond acceptors (Lipinski definition) is 2. The molecular weight excluding hydrogens is 176 g/mol. The van der Waals surface area contributed by atoms with Crippen LogP contribution in [0.3, 0.4) is 0 Å². The number of nitrogens with one attached hydrogen (secondary N) is 2. The van der Waals surface area contributed by atoms with Crippen LogP contribution >= 0.6 is 0 Å². The van der Waals surface area contributed by atoms with Gasteiger partial charge in [-0.1, -0.05) is 6.92 Å². The van der Waals surface area contributed by atoms with Gasteiger partial charge in [-0.25, -0.2) is 0 Å². The monoisotopic (exact) mass is 194 g/mol. The summed E-state index contributed by atoms with van der Waals surface area (Å²) in [5, 5.41) is 6.09. The summed E-state index contributed by atoms with van der Waals surface area (Å²) in [6.45, 7) is 3.74. The zero-order valence-electron chi connectivity index (χ0n) is 8.68. The molecule has 1 heterocycles. The Balaban J connectivity index is 2.18. The van der Waals surface area contributed by atoms with E-state index in [0.717, 1.165) is 25.8 Å². The minimum atomic E-state index is 0.000774. The molecule has 2 unspecified atom stereocenters. The number of amides is 1. The lowest BCUT2D eigenvalue weighted by molar-refractivity contribution is -0.123. The molecule has 1 aliphatic rings.